The summed E-state index contributed by atoms with van der Waals surface area (Å²) in [5, 5.41) is 5.57. The van der Waals surface area contributed by atoms with Gasteiger partial charge in [-0.25, -0.2) is 5.10 Å². The van der Waals surface area contributed by atoms with Crippen LogP contribution in [0.4, 0.5) is 0 Å². The molecule has 87 valence electrons. The Bertz CT molecular complexity index is 451. The van der Waals surface area contributed by atoms with Crippen LogP contribution < -0.4 is 11.1 Å². The van der Waals surface area contributed by atoms with Gasteiger partial charge >= 0.3 is 11.1 Å². The molecule has 1 fully saturated rings. The van der Waals surface area contributed by atoms with Gasteiger partial charge in [0.15, 0.2) is 0 Å². The van der Waals surface area contributed by atoms with Gasteiger partial charge in [-0.1, -0.05) is 0 Å². The standard InChI is InChI=1S/C9H12N3O2S2/c13-8-9(14)12(6-10-11-8)3-2-7-15-4-1-5-16-7/h7H,1-5H2,(H,11,13). The Morgan fingerprint density at radius 2 is 2.19 bits per heavy atom. The van der Waals surface area contributed by atoms with Crippen molar-refractivity contribution < 1.29 is 0 Å². The molecule has 0 saturated carbocycles. The molecule has 1 aliphatic heterocycles. The van der Waals surface area contributed by atoms with Crippen LogP contribution >= 0.6 is 23.5 Å². The Morgan fingerprint density at radius 1 is 1.44 bits per heavy atom. The fourth-order valence-electron chi connectivity index (χ4n) is 1.44. The Labute approximate surface area is 101 Å². The first-order valence-electron chi connectivity index (χ1n) is 5.08. The maximum Gasteiger partial charge on any atom is 0.330 e. The van der Waals surface area contributed by atoms with E-state index in [1.807, 2.05) is 23.5 Å². The van der Waals surface area contributed by atoms with Crippen molar-refractivity contribution in [1.29, 1.82) is 0 Å². The lowest BCUT2D eigenvalue weighted by Crippen LogP contribution is -2.37. The summed E-state index contributed by atoms with van der Waals surface area (Å²) in [6, 6.07) is 0. The van der Waals surface area contributed by atoms with E-state index in [4.69, 9.17) is 0 Å². The maximum atomic E-state index is 11.4. The number of nitrogens with one attached hydrogen (secondary N) is 1. The van der Waals surface area contributed by atoms with Crippen LogP contribution in [-0.2, 0) is 6.54 Å². The van der Waals surface area contributed by atoms with Gasteiger partial charge in [0, 0.05) is 6.54 Å². The molecule has 0 atom stereocenters. The first kappa shape index (κ1) is 11.8. The highest BCUT2D eigenvalue weighted by molar-refractivity contribution is 8.17. The Hall–Kier alpha value is -0.690. The minimum absolute atomic E-state index is 0.514. The van der Waals surface area contributed by atoms with Gasteiger partial charge in [0.05, 0.1) is 4.58 Å². The summed E-state index contributed by atoms with van der Waals surface area (Å²) in [4.78, 5) is 22.4. The van der Waals surface area contributed by atoms with Crippen LogP contribution in [-0.4, -0.2) is 30.9 Å². The monoisotopic (exact) mass is 258 g/mol. The summed E-state index contributed by atoms with van der Waals surface area (Å²) < 4.78 is 1.78. The second-order valence-electron chi connectivity index (χ2n) is 3.42. The number of aromatic nitrogens is 3. The fraction of sp³-hybridized carbons (Fsp3) is 0.667. The number of hydrogen-bond donors (Lipinski definition) is 1. The van der Waals surface area contributed by atoms with Crippen molar-refractivity contribution in [2.24, 2.45) is 0 Å². The second-order valence-corrected chi connectivity index (χ2v) is 6.34. The number of thioether (sulfide) groups is 2. The van der Waals surface area contributed by atoms with Gasteiger partial charge in [0.1, 0.15) is 0 Å². The number of hydrogen-bond acceptors (Lipinski definition) is 5. The van der Waals surface area contributed by atoms with Gasteiger partial charge in [-0.05, 0) is 24.3 Å². The lowest BCUT2D eigenvalue weighted by Gasteiger charge is -2.20. The van der Waals surface area contributed by atoms with Crippen LogP contribution in [0.3, 0.4) is 0 Å². The molecule has 2 rings (SSSR count). The van der Waals surface area contributed by atoms with E-state index in [2.05, 4.69) is 16.5 Å². The van der Waals surface area contributed by atoms with Crippen LogP contribution in [0.25, 0.3) is 0 Å². The molecule has 0 bridgehead atoms. The topological polar surface area (TPSA) is 67.8 Å². The third-order valence-corrected chi connectivity index (χ3v) is 5.33. The van der Waals surface area contributed by atoms with Crippen molar-refractivity contribution >= 4 is 23.5 Å². The minimum atomic E-state index is -0.678. The van der Waals surface area contributed by atoms with Crippen LogP contribution in [0, 0.1) is 6.33 Å². The Morgan fingerprint density at radius 3 is 2.94 bits per heavy atom. The molecular weight excluding hydrogens is 246 g/mol. The quantitative estimate of drug-likeness (QED) is 0.791. The van der Waals surface area contributed by atoms with Gasteiger partial charge in [0.2, 0.25) is 6.33 Å². The van der Waals surface area contributed by atoms with Crippen molar-refractivity contribution in [3.63, 3.8) is 0 Å². The summed E-state index contributed by atoms with van der Waals surface area (Å²) in [6.07, 6.45) is 4.62. The summed E-state index contributed by atoms with van der Waals surface area (Å²) >= 11 is 3.84. The molecule has 16 heavy (non-hydrogen) atoms. The number of rotatable bonds is 3. The fourth-order valence-corrected chi connectivity index (χ4v) is 4.28. The molecule has 1 aliphatic rings. The van der Waals surface area contributed by atoms with Crippen molar-refractivity contribution in [2.45, 2.75) is 24.0 Å². The summed E-state index contributed by atoms with van der Waals surface area (Å²) in [6.45, 7) is 0.514. The molecular formula is C9H12N3O2S2. The lowest BCUT2D eigenvalue weighted by molar-refractivity contribution is 0.606. The molecule has 0 unspecified atom stereocenters. The van der Waals surface area contributed by atoms with Crippen molar-refractivity contribution in [3.05, 3.63) is 27.0 Å². The third-order valence-electron chi connectivity index (χ3n) is 2.25. The summed E-state index contributed by atoms with van der Waals surface area (Å²) in [5.74, 6) is 2.37. The maximum absolute atomic E-state index is 11.4. The Balaban J connectivity index is 1.96. The molecule has 1 aromatic rings. The number of aromatic amines is 1. The van der Waals surface area contributed by atoms with Crippen LogP contribution in [0.5, 0.6) is 0 Å². The van der Waals surface area contributed by atoms with Gasteiger partial charge in [-0.2, -0.15) is 5.10 Å². The molecule has 1 saturated heterocycles. The molecule has 0 spiro atoms. The zero-order valence-electron chi connectivity index (χ0n) is 8.64. The predicted octanol–water partition coefficient (Wildman–Crippen LogP) is 0.318. The van der Waals surface area contributed by atoms with Crippen molar-refractivity contribution in [3.8, 4) is 0 Å². The van der Waals surface area contributed by atoms with E-state index < -0.39 is 11.1 Å². The largest absolute Gasteiger partial charge is 0.330 e. The highest BCUT2D eigenvalue weighted by Crippen LogP contribution is 2.32. The van der Waals surface area contributed by atoms with E-state index in [1.165, 1.54) is 22.5 Å². The number of H-pyrrole nitrogens is 1. The Kier molecular flexibility index (Phi) is 4.11. The van der Waals surface area contributed by atoms with E-state index in [1.54, 1.807) is 0 Å². The second kappa shape index (κ2) is 5.58. The minimum Gasteiger partial charge on any atom is -0.284 e. The molecule has 2 heterocycles. The summed E-state index contributed by atoms with van der Waals surface area (Å²) in [5.41, 5.74) is -1.25. The van der Waals surface area contributed by atoms with Crippen LogP contribution in [0.2, 0.25) is 0 Å². The number of nitrogens with zero attached hydrogens (tertiary/aromatic N) is 2. The molecule has 1 aromatic heterocycles. The zero-order chi connectivity index (χ0) is 11.4. The van der Waals surface area contributed by atoms with Gasteiger partial charge in [-0.15, -0.1) is 23.5 Å². The van der Waals surface area contributed by atoms with E-state index in [0.717, 1.165) is 6.42 Å². The SMILES string of the molecule is O=c1[nH]n[c]n(CCC2SCCCS2)c1=O. The molecule has 7 heteroatoms. The molecule has 0 amide bonds. The van der Waals surface area contributed by atoms with Gasteiger partial charge < -0.3 is 0 Å². The van der Waals surface area contributed by atoms with Crippen molar-refractivity contribution in [2.75, 3.05) is 11.5 Å². The van der Waals surface area contributed by atoms with E-state index in [0.29, 0.717) is 11.1 Å². The smallest absolute Gasteiger partial charge is 0.284 e. The molecule has 5 nitrogen and oxygen atoms in total. The molecule has 1 N–H and O–H groups in total. The van der Waals surface area contributed by atoms with E-state index in [9.17, 15) is 9.59 Å². The predicted molar refractivity (Wildman–Crippen MR) is 65.9 cm³/mol. The van der Waals surface area contributed by atoms with E-state index >= 15 is 0 Å². The summed E-state index contributed by atoms with van der Waals surface area (Å²) in [7, 11) is 0. The molecule has 1 radical (unpaired) electrons. The highest BCUT2D eigenvalue weighted by Gasteiger charge is 2.14. The average molecular weight is 258 g/mol. The van der Waals surface area contributed by atoms with Crippen molar-refractivity contribution in [1.82, 2.24) is 14.8 Å². The van der Waals surface area contributed by atoms with Crippen LogP contribution in [0.15, 0.2) is 9.59 Å². The van der Waals surface area contributed by atoms with Crippen LogP contribution in [0.1, 0.15) is 12.8 Å². The molecule has 0 aromatic carbocycles. The normalized spacial score (nSPS) is 17.5. The van der Waals surface area contributed by atoms with E-state index in [-0.39, 0.29) is 0 Å². The third kappa shape index (κ3) is 2.91. The zero-order valence-corrected chi connectivity index (χ0v) is 10.3. The first-order valence-corrected chi connectivity index (χ1v) is 7.17. The number of aryl methyl sites for hydroxylation is 1. The lowest BCUT2D eigenvalue weighted by atomic mass is 10.4. The highest BCUT2D eigenvalue weighted by atomic mass is 32.2. The molecule has 0 aliphatic carbocycles. The van der Waals surface area contributed by atoms with Gasteiger partial charge in [0.25, 0.3) is 0 Å². The first-order chi connectivity index (χ1) is 7.77. The average Bonchev–Trinajstić information content (AvgIpc) is 2.32. The van der Waals surface area contributed by atoms with Gasteiger partial charge in [-0.3, -0.25) is 14.2 Å².